The molecule has 4 heterocycles. The van der Waals surface area contributed by atoms with Crippen LogP contribution in [0.5, 0.6) is 0 Å². The van der Waals surface area contributed by atoms with Crippen LogP contribution in [0.3, 0.4) is 0 Å². The van der Waals surface area contributed by atoms with E-state index in [1.807, 2.05) is 21.6 Å². The number of carbonyl (C=O) groups excluding carboxylic acids is 1. The number of carboxylic acid groups (broad SMARTS) is 1. The van der Waals surface area contributed by atoms with E-state index in [-0.39, 0.29) is 23.4 Å². The van der Waals surface area contributed by atoms with E-state index in [0.29, 0.717) is 5.92 Å². The Labute approximate surface area is 151 Å². The minimum absolute atomic E-state index is 0.0760. The van der Waals surface area contributed by atoms with Gasteiger partial charge in [-0.2, -0.15) is 0 Å². The number of hydrogen-bond donors (Lipinski definition) is 1. The molecule has 1 N–H and O–H groups in total. The van der Waals surface area contributed by atoms with Gasteiger partial charge in [-0.1, -0.05) is 10.8 Å². The van der Waals surface area contributed by atoms with E-state index in [1.54, 1.807) is 0 Å². The summed E-state index contributed by atoms with van der Waals surface area (Å²) in [4.78, 5) is 22.4. The monoisotopic (exact) mass is 374 g/mol. The molecule has 24 heavy (non-hydrogen) atoms. The van der Waals surface area contributed by atoms with E-state index in [0.717, 1.165) is 43.1 Å². The van der Waals surface area contributed by atoms with Crippen molar-refractivity contribution in [3.05, 3.63) is 0 Å². The number of hydrogen-bond acceptors (Lipinski definition) is 5. The Morgan fingerprint density at radius 2 is 2.04 bits per heavy atom. The van der Waals surface area contributed by atoms with Gasteiger partial charge in [-0.25, -0.2) is 0 Å². The van der Waals surface area contributed by atoms with Gasteiger partial charge >= 0.3 is 11.9 Å². The number of fused-ring (bicyclic) bond motifs is 3. The molecule has 4 fully saturated rings. The largest absolute Gasteiger partial charge is 0.481 e. The molecule has 4 aliphatic heterocycles. The van der Waals surface area contributed by atoms with Crippen LogP contribution in [-0.2, 0) is 14.3 Å². The van der Waals surface area contributed by atoms with Crippen molar-refractivity contribution < 1.29 is 23.9 Å². The summed E-state index contributed by atoms with van der Waals surface area (Å²) < 4.78 is 6.74. The molecule has 4 aliphatic rings. The number of aliphatic carboxylic acids is 1. The fourth-order valence-corrected chi connectivity index (χ4v) is 8.66. The van der Waals surface area contributed by atoms with Gasteiger partial charge in [-0.05, 0) is 23.6 Å². The van der Waals surface area contributed by atoms with Gasteiger partial charge in [0.05, 0.1) is 13.1 Å². The third kappa shape index (κ3) is 3.58. The van der Waals surface area contributed by atoms with Crippen LogP contribution in [0, 0.1) is 5.92 Å². The van der Waals surface area contributed by atoms with Gasteiger partial charge < -0.3 is 14.3 Å². The number of nitrogens with zero attached hydrogens (tertiary/aromatic N) is 1. The number of rotatable bonds is 7. The summed E-state index contributed by atoms with van der Waals surface area (Å²) in [5, 5.41) is 8.88. The van der Waals surface area contributed by atoms with E-state index in [4.69, 9.17) is 9.84 Å². The summed E-state index contributed by atoms with van der Waals surface area (Å²) in [5.41, 5.74) is 0. The zero-order valence-electron chi connectivity index (χ0n) is 14.4. The maximum Gasteiger partial charge on any atom is 0.303 e. The molecule has 4 rings (SSSR count). The highest BCUT2D eigenvalue weighted by atomic mass is 33.1. The van der Waals surface area contributed by atoms with E-state index < -0.39 is 5.97 Å². The fraction of sp³-hybridized carbons (Fsp3) is 0.882. The van der Waals surface area contributed by atoms with Crippen LogP contribution < -0.4 is 0 Å². The predicted molar refractivity (Wildman–Crippen MR) is 96.6 cm³/mol. The number of ether oxygens (including phenoxy) is 1. The first-order valence-electron chi connectivity index (χ1n) is 9.02. The van der Waals surface area contributed by atoms with Crippen molar-refractivity contribution in [3.8, 4) is 0 Å². The van der Waals surface area contributed by atoms with E-state index >= 15 is 0 Å². The summed E-state index contributed by atoms with van der Waals surface area (Å²) in [5.74, 6) is 0.858. The summed E-state index contributed by atoms with van der Waals surface area (Å²) >= 11 is 0. The van der Waals surface area contributed by atoms with Crippen molar-refractivity contribution in [2.75, 3.05) is 25.4 Å². The number of quaternary nitrogens is 1. The van der Waals surface area contributed by atoms with Gasteiger partial charge in [-0.3, -0.25) is 9.59 Å². The van der Waals surface area contributed by atoms with Crippen LogP contribution >= 0.6 is 21.6 Å². The number of unbranched alkanes of at least 4 members (excludes halogenated alkanes) is 1. The zero-order valence-corrected chi connectivity index (χ0v) is 16.0. The van der Waals surface area contributed by atoms with Crippen molar-refractivity contribution in [2.45, 2.75) is 62.8 Å². The Morgan fingerprint density at radius 3 is 2.62 bits per heavy atom. The SMILES string of the molecule is CC(=O)OC1C[N+]2([C@@]3(CCCCC(=O)O)CCSS3)CCC1CC2. The first-order chi connectivity index (χ1) is 11.5. The molecule has 0 saturated carbocycles. The fourth-order valence-electron chi connectivity index (χ4n) is 4.84. The minimum Gasteiger partial charge on any atom is -0.481 e. The van der Waals surface area contributed by atoms with Gasteiger partial charge in [0, 0.05) is 50.7 Å². The topological polar surface area (TPSA) is 63.6 Å². The highest BCUT2D eigenvalue weighted by molar-refractivity contribution is 8.77. The first-order valence-corrected chi connectivity index (χ1v) is 11.3. The smallest absolute Gasteiger partial charge is 0.303 e. The Hall–Kier alpha value is -0.400. The average Bonchev–Trinajstić information content (AvgIpc) is 3.03. The van der Waals surface area contributed by atoms with Gasteiger partial charge in [0.2, 0.25) is 0 Å². The van der Waals surface area contributed by atoms with Crippen LogP contribution in [0.4, 0.5) is 0 Å². The van der Waals surface area contributed by atoms with Gasteiger partial charge in [0.1, 0.15) is 6.54 Å². The average molecular weight is 375 g/mol. The summed E-state index contributed by atoms with van der Waals surface area (Å²) in [6, 6.07) is 0. The molecule has 0 aromatic carbocycles. The number of carboxylic acids is 1. The van der Waals surface area contributed by atoms with Crippen LogP contribution in [0.2, 0.25) is 0 Å². The van der Waals surface area contributed by atoms with Crippen molar-refractivity contribution in [1.29, 1.82) is 0 Å². The van der Waals surface area contributed by atoms with Crippen LogP contribution in [0.15, 0.2) is 0 Å². The molecule has 0 radical (unpaired) electrons. The molecule has 2 atom stereocenters. The summed E-state index contributed by atoms with van der Waals surface area (Å²) in [7, 11) is 3.99. The second-order valence-corrected chi connectivity index (χ2v) is 10.2. The van der Waals surface area contributed by atoms with E-state index in [1.165, 1.54) is 32.2 Å². The quantitative estimate of drug-likeness (QED) is 0.319. The maximum absolute atomic E-state index is 11.5. The second-order valence-electron chi connectivity index (χ2n) is 7.46. The van der Waals surface area contributed by atoms with E-state index in [9.17, 15) is 9.59 Å². The number of carbonyl (C=O) groups is 2. The molecule has 0 aromatic heterocycles. The van der Waals surface area contributed by atoms with Gasteiger partial charge in [0.15, 0.2) is 11.0 Å². The second kappa shape index (κ2) is 7.46. The molecule has 2 bridgehead atoms. The molecule has 0 spiro atoms. The Bertz CT molecular complexity index is 485. The van der Waals surface area contributed by atoms with Crippen molar-refractivity contribution >= 4 is 33.5 Å². The molecule has 1 unspecified atom stereocenters. The maximum atomic E-state index is 11.5. The summed E-state index contributed by atoms with van der Waals surface area (Å²) in [6.45, 7) is 4.85. The third-order valence-electron chi connectivity index (χ3n) is 6.09. The zero-order chi connectivity index (χ0) is 17.2. The Kier molecular flexibility index (Phi) is 5.72. The molecule has 136 valence electrons. The summed E-state index contributed by atoms with van der Waals surface area (Å²) in [6.07, 6.45) is 6.65. The Balaban J connectivity index is 1.71. The van der Waals surface area contributed by atoms with Crippen molar-refractivity contribution in [2.24, 2.45) is 5.92 Å². The van der Waals surface area contributed by atoms with Crippen molar-refractivity contribution in [1.82, 2.24) is 0 Å². The third-order valence-corrected chi connectivity index (χ3v) is 9.47. The predicted octanol–water partition coefficient (Wildman–Crippen LogP) is 3.28. The molecule has 0 aliphatic carbocycles. The standard InChI is InChI=1S/C17H27NO4S2/c1-13(19)22-15-12-18(9-5-14(15)6-10-18)17(8-11-23-24-17)7-3-2-4-16(20)21/h14-15H,2-12H2,1H3/p+1/t14?,15?,17-,18?/m1/s1. The Morgan fingerprint density at radius 1 is 1.29 bits per heavy atom. The highest BCUT2D eigenvalue weighted by Crippen LogP contribution is 2.58. The highest BCUT2D eigenvalue weighted by Gasteiger charge is 2.59. The molecule has 0 aromatic rings. The lowest BCUT2D eigenvalue weighted by atomic mass is 9.80. The molecular formula is C17H28NO4S2+. The minimum atomic E-state index is -0.696. The lowest BCUT2D eigenvalue weighted by molar-refractivity contribution is -0.977. The lowest BCUT2D eigenvalue weighted by Crippen LogP contribution is -2.72. The number of esters is 1. The van der Waals surface area contributed by atoms with E-state index in [2.05, 4.69) is 0 Å². The lowest BCUT2D eigenvalue weighted by Gasteiger charge is -2.59. The normalized spacial score (nSPS) is 38.2. The molecule has 7 heteroatoms. The first kappa shape index (κ1) is 18.4. The number of piperidine rings is 3. The molecule has 5 nitrogen and oxygen atoms in total. The molecule has 4 saturated heterocycles. The van der Waals surface area contributed by atoms with Crippen LogP contribution in [-0.4, -0.2) is 57.9 Å². The molecular weight excluding hydrogens is 346 g/mol. The van der Waals surface area contributed by atoms with Gasteiger partial charge in [-0.15, -0.1) is 0 Å². The molecule has 0 amide bonds. The van der Waals surface area contributed by atoms with Crippen molar-refractivity contribution in [3.63, 3.8) is 0 Å². The van der Waals surface area contributed by atoms with Crippen LogP contribution in [0.25, 0.3) is 0 Å². The van der Waals surface area contributed by atoms with Gasteiger partial charge in [0.25, 0.3) is 0 Å². The van der Waals surface area contributed by atoms with Crippen LogP contribution in [0.1, 0.15) is 51.9 Å².